The minimum atomic E-state index is -5.66. The van der Waals surface area contributed by atoms with Gasteiger partial charge in [0.1, 0.15) is 0 Å². The zero-order valence-corrected chi connectivity index (χ0v) is 17.6. The van der Waals surface area contributed by atoms with Crippen molar-refractivity contribution in [2.75, 3.05) is 6.54 Å². The highest BCUT2D eigenvalue weighted by atomic mass is 19.4. The molecule has 2 unspecified atom stereocenters. The first-order valence-electron chi connectivity index (χ1n) is 9.81. The number of hydrogen-bond acceptors (Lipinski definition) is 5. The van der Waals surface area contributed by atoms with Crippen molar-refractivity contribution in [2.45, 2.75) is 58.1 Å². The predicted molar refractivity (Wildman–Crippen MR) is 98.0 cm³/mol. The van der Waals surface area contributed by atoms with E-state index >= 15 is 0 Å². The van der Waals surface area contributed by atoms with Crippen LogP contribution in [0.3, 0.4) is 0 Å². The maximum Gasteiger partial charge on any atom is 0.573 e. The molecule has 0 saturated carbocycles. The average Bonchev–Trinajstić information content (AvgIpc) is 2.65. The fourth-order valence-corrected chi connectivity index (χ4v) is 3.20. The molecule has 0 amide bonds. The molecule has 0 fully saturated rings. The quantitative estimate of drug-likeness (QED) is 0.343. The van der Waals surface area contributed by atoms with Crippen molar-refractivity contribution in [1.82, 2.24) is 0 Å². The number of alkyl halides is 9. The standard InChI is InChI=1S/C19H22F9NO5/c1-2-10(8-12(9-29)16(30)31)4-3-5-11-6-7-13(32-17(20,21)22)15(34-19(26,27)28)14(11)33-18(23,24)25/h6-7,10,12H,2-5,8-9,29H2,1H3,(H,30,31). The van der Waals surface area contributed by atoms with Crippen molar-refractivity contribution >= 4 is 5.97 Å². The number of carbonyl (C=O) groups is 1. The minimum absolute atomic E-state index is 0.0502. The van der Waals surface area contributed by atoms with Crippen LogP contribution < -0.4 is 19.9 Å². The maximum atomic E-state index is 12.9. The smallest absolute Gasteiger partial charge is 0.481 e. The van der Waals surface area contributed by atoms with Gasteiger partial charge in [-0.15, -0.1) is 39.5 Å². The SMILES string of the molecule is CCC(CCCc1ccc(OC(F)(F)F)c(OC(F)(F)F)c1OC(F)(F)F)CC(CN)C(=O)O. The minimum Gasteiger partial charge on any atom is -0.481 e. The van der Waals surface area contributed by atoms with E-state index in [4.69, 9.17) is 10.8 Å². The molecule has 0 aromatic heterocycles. The molecule has 0 aliphatic rings. The number of hydrogen-bond donors (Lipinski definition) is 2. The number of carboxylic acids is 1. The zero-order valence-electron chi connectivity index (χ0n) is 17.6. The summed E-state index contributed by atoms with van der Waals surface area (Å²) in [7, 11) is 0. The highest BCUT2D eigenvalue weighted by molar-refractivity contribution is 5.70. The number of ether oxygens (including phenoxy) is 3. The molecule has 0 spiro atoms. The Morgan fingerprint density at radius 2 is 1.47 bits per heavy atom. The van der Waals surface area contributed by atoms with Gasteiger partial charge in [0.2, 0.25) is 5.75 Å². The highest BCUT2D eigenvalue weighted by Crippen LogP contribution is 2.47. The molecule has 0 bridgehead atoms. The van der Waals surface area contributed by atoms with Gasteiger partial charge >= 0.3 is 25.1 Å². The van der Waals surface area contributed by atoms with Gasteiger partial charge in [0, 0.05) is 6.54 Å². The van der Waals surface area contributed by atoms with Gasteiger partial charge in [-0.25, -0.2) is 0 Å². The van der Waals surface area contributed by atoms with Crippen LogP contribution in [0.25, 0.3) is 0 Å². The number of carboxylic acid groups (broad SMARTS) is 1. The Morgan fingerprint density at radius 3 is 1.91 bits per heavy atom. The van der Waals surface area contributed by atoms with Crippen LogP contribution >= 0.6 is 0 Å². The Hall–Kier alpha value is -2.58. The zero-order chi connectivity index (χ0) is 26.3. The van der Waals surface area contributed by atoms with E-state index in [1.165, 1.54) is 0 Å². The largest absolute Gasteiger partial charge is 0.573 e. The van der Waals surface area contributed by atoms with E-state index in [-0.39, 0.29) is 38.1 Å². The molecule has 0 saturated heterocycles. The first kappa shape index (κ1) is 29.5. The Balaban J connectivity index is 3.26. The second kappa shape index (κ2) is 11.7. The van der Waals surface area contributed by atoms with Crippen LogP contribution in [0.4, 0.5) is 39.5 Å². The molecule has 0 aliphatic carbocycles. The van der Waals surface area contributed by atoms with Gasteiger partial charge in [0.15, 0.2) is 11.5 Å². The molecule has 0 heterocycles. The summed E-state index contributed by atoms with van der Waals surface area (Å²) in [5, 5.41) is 9.09. The monoisotopic (exact) mass is 515 g/mol. The van der Waals surface area contributed by atoms with Crippen molar-refractivity contribution < 1.29 is 63.6 Å². The molecule has 34 heavy (non-hydrogen) atoms. The van der Waals surface area contributed by atoms with E-state index in [1.807, 2.05) is 0 Å². The lowest BCUT2D eigenvalue weighted by Gasteiger charge is -2.22. The van der Waals surface area contributed by atoms with Gasteiger partial charge < -0.3 is 25.1 Å². The van der Waals surface area contributed by atoms with Gasteiger partial charge in [-0.1, -0.05) is 25.8 Å². The Kier molecular flexibility index (Phi) is 10.1. The number of aryl methyl sites for hydroxylation is 1. The number of aliphatic carboxylic acids is 1. The van der Waals surface area contributed by atoms with Crippen molar-refractivity contribution in [1.29, 1.82) is 0 Å². The van der Waals surface area contributed by atoms with Crippen LogP contribution in [-0.2, 0) is 11.2 Å². The lowest BCUT2D eigenvalue weighted by molar-refractivity contribution is -0.293. The van der Waals surface area contributed by atoms with Crippen LogP contribution in [0.1, 0.15) is 38.2 Å². The number of benzene rings is 1. The van der Waals surface area contributed by atoms with Gasteiger partial charge in [0.25, 0.3) is 0 Å². The third kappa shape index (κ3) is 10.6. The molecule has 1 aromatic rings. The molecule has 0 aliphatic heterocycles. The average molecular weight is 515 g/mol. The van der Waals surface area contributed by atoms with E-state index < -0.39 is 53.8 Å². The molecule has 15 heteroatoms. The van der Waals surface area contributed by atoms with Crippen LogP contribution in [0.5, 0.6) is 17.2 Å². The summed E-state index contributed by atoms with van der Waals surface area (Å²) in [4.78, 5) is 11.1. The van der Waals surface area contributed by atoms with Gasteiger partial charge in [0.05, 0.1) is 5.92 Å². The van der Waals surface area contributed by atoms with Gasteiger partial charge in [-0.3, -0.25) is 4.79 Å². The van der Waals surface area contributed by atoms with Crippen molar-refractivity contribution in [3.8, 4) is 17.2 Å². The van der Waals surface area contributed by atoms with E-state index in [0.717, 1.165) is 0 Å². The third-order valence-electron chi connectivity index (χ3n) is 4.71. The summed E-state index contributed by atoms with van der Waals surface area (Å²) >= 11 is 0. The van der Waals surface area contributed by atoms with Crippen molar-refractivity contribution in [3.05, 3.63) is 17.7 Å². The van der Waals surface area contributed by atoms with Crippen LogP contribution in [0.2, 0.25) is 0 Å². The second-order valence-electron chi connectivity index (χ2n) is 7.20. The lowest BCUT2D eigenvalue weighted by Crippen LogP contribution is -2.26. The van der Waals surface area contributed by atoms with Crippen molar-refractivity contribution in [2.24, 2.45) is 17.6 Å². The Morgan fingerprint density at radius 1 is 0.941 bits per heavy atom. The van der Waals surface area contributed by atoms with Crippen LogP contribution in [-0.4, -0.2) is 36.7 Å². The number of rotatable bonds is 12. The molecule has 2 atom stereocenters. The lowest BCUT2D eigenvalue weighted by atomic mass is 9.88. The maximum absolute atomic E-state index is 12.9. The molecule has 3 N–H and O–H groups in total. The predicted octanol–water partition coefficient (Wildman–Crippen LogP) is 5.78. The number of nitrogens with two attached hydrogens (primary N) is 1. The van der Waals surface area contributed by atoms with Crippen molar-refractivity contribution in [3.63, 3.8) is 0 Å². The Bertz CT molecular complexity index is 809. The van der Waals surface area contributed by atoms with E-state index in [2.05, 4.69) is 14.2 Å². The molecule has 196 valence electrons. The van der Waals surface area contributed by atoms with E-state index in [9.17, 15) is 44.3 Å². The first-order valence-corrected chi connectivity index (χ1v) is 9.81. The molecule has 1 rings (SSSR count). The van der Waals surface area contributed by atoms with Gasteiger partial charge in [-0.2, -0.15) is 0 Å². The third-order valence-corrected chi connectivity index (χ3v) is 4.71. The fourth-order valence-electron chi connectivity index (χ4n) is 3.20. The van der Waals surface area contributed by atoms with E-state index in [0.29, 0.717) is 18.6 Å². The topological polar surface area (TPSA) is 91.0 Å². The molecule has 0 radical (unpaired) electrons. The first-order chi connectivity index (χ1) is 15.5. The van der Waals surface area contributed by atoms with E-state index in [1.54, 1.807) is 6.92 Å². The summed E-state index contributed by atoms with van der Waals surface area (Å²) in [6, 6.07) is 1.09. The highest BCUT2D eigenvalue weighted by Gasteiger charge is 2.41. The molecular weight excluding hydrogens is 493 g/mol. The fraction of sp³-hybridized carbons (Fsp3) is 0.632. The Labute approximate surface area is 187 Å². The summed E-state index contributed by atoms with van der Waals surface area (Å²) in [6.45, 7) is 1.59. The summed E-state index contributed by atoms with van der Waals surface area (Å²) in [5.74, 6) is -7.44. The normalized spacial score (nSPS) is 14.4. The number of halogens is 9. The summed E-state index contributed by atoms with van der Waals surface area (Å²) < 4.78 is 125. The van der Waals surface area contributed by atoms with Gasteiger partial charge in [-0.05, 0) is 36.8 Å². The van der Waals surface area contributed by atoms with Crippen LogP contribution in [0.15, 0.2) is 12.1 Å². The van der Waals surface area contributed by atoms with Crippen LogP contribution in [0, 0.1) is 11.8 Å². The summed E-state index contributed by atoms with van der Waals surface area (Å²) in [5.41, 5.74) is 4.88. The second-order valence-corrected chi connectivity index (χ2v) is 7.20. The molecule has 6 nitrogen and oxygen atoms in total. The summed E-state index contributed by atoms with van der Waals surface area (Å²) in [6.07, 6.45) is -16.1. The molecule has 1 aromatic carbocycles. The molecular formula is C19H22F9NO5.